The van der Waals surface area contributed by atoms with Crippen molar-refractivity contribution >= 4 is 22.8 Å². The molecule has 0 bridgehead atoms. The molecule has 0 aliphatic heterocycles. The normalized spacial score (nSPS) is 11.6. The minimum absolute atomic E-state index is 0.0683. The zero-order valence-electron chi connectivity index (χ0n) is 12.0. The number of benzene rings is 2. The maximum atomic E-state index is 12.7. The first-order valence-corrected chi connectivity index (χ1v) is 6.78. The monoisotopic (exact) mass is 337 g/mol. The highest BCUT2D eigenvalue weighted by molar-refractivity contribution is 5.77. The van der Waals surface area contributed by atoms with Gasteiger partial charge in [-0.3, -0.25) is 10.1 Å². The van der Waals surface area contributed by atoms with Crippen LogP contribution < -0.4 is 5.32 Å². The second kappa shape index (κ2) is 5.84. The smallest absolute Gasteiger partial charge is 0.416 e. The van der Waals surface area contributed by atoms with Crippen LogP contribution in [0.1, 0.15) is 11.1 Å². The van der Waals surface area contributed by atoms with Gasteiger partial charge in [-0.05, 0) is 23.8 Å². The van der Waals surface area contributed by atoms with Gasteiger partial charge in [-0.2, -0.15) is 18.2 Å². The van der Waals surface area contributed by atoms with Gasteiger partial charge in [0.15, 0.2) is 5.58 Å². The zero-order chi connectivity index (χ0) is 17.3. The van der Waals surface area contributed by atoms with Crippen LogP contribution in [0.4, 0.5) is 24.9 Å². The first-order chi connectivity index (χ1) is 11.3. The number of fused-ring (bicyclic) bond motifs is 1. The van der Waals surface area contributed by atoms with E-state index in [2.05, 4.69) is 10.3 Å². The minimum Gasteiger partial charge on any atom is -0.424 e. The molecule has 1 N–H and O–H groups in total. The summed E-state index contributed by atoms with van der Waals surface area (Å²) in [5, 5.41) is 13.5. The van der Waals surface area contributed by atoms with E-state index in [0.717, 1.165) is 12.1 Å². The number of aromatic nitrogens is 1. The lowest BCUT2D eigenvalue weighted by Gasteiger charge is -2.08. The summed E-state index contributed by atoms with van der Waals surface area (Å²) < 4.78 is 43.4. The Balaban J connectivity index is 1.77. The average Bonchev–Trinajstić information content (AvgIpc) is 2.94. The first-order valence-electron chi connectivity index (χ1n) is 6.78. The van der Waals surface area contributed by atoms with Crippen LogP contribution in [0.5, 0.6) is 0 Å². The molecule has 3 rings (SSSR count). The fourth-order valence-electron chi connectivity index (χ4n) is 2.14. The van der Waals surface area contributed by atoms with Crippen molar-refractivity contribution in [3.05, 3.63) is 63.7 Å². The van der Waals surface area contributed by atoms with Gasteiger partial charge in [-0.25, -0.2) is 0 Å². The second-order valence-electron chi connectivity index (χ2n) is 4.98. The molecule has 0 saturated carbocycles. The Bertz CT molecular complexity index is 906. The van der Waals surface area contributed by atoms with E-state index in [4.69, 9.17) is 4.42 Å². The van der Waals surface area contributed by atoms with E-state index in [1.165, 1.54) is 30.3 Å². The van der Waals surface area contributed by atoms with E-state index >= 15 is 0 Å². The van der Waals surface area contributed by atoms with E-state index in [0.29, 0.717) is 11.1 Å². The number of hydrogen-bond acceptors (Lipinski definition) is 5. The molecule has 1 heterocycles. The maximum absolute atomic E-state index is 12.7. The van der Waals surface area contributed by atoms with Crippen molar-refractivity contribution in [2.24, 2.45) is 0 Å². The zero-order valence-corrected chi connectivity index (χ0v) is 12.0. The molecule has 0 aliphatic carbocycles. The third-order valence-corrected chi connectivity index (χ3v) is 3.28. The number of oxazole rings is 1. The van der Waals surface area contributed by atoms with Crippen molar-refractivity contribution in [1.29, 1.82) is 0 Å². The summed E-state index contributed by atoms with van der Waals surface area (Å²) in [4.78, 5) is 14.2. The van der Waals surface area contributed by atoms with E-state index < -0.39 is 16.7 Å². The van der Waals surface area contributed by atoms with Gasteiger partial charge in [0.2, 0.25) is 0 Å². The van der Waals surface area contributed by atoms with E-state index in [-0.39, 0.29) is 23.8 Å². The van der Waals surface area contributed by atoms with Crippen LogP contribution in [-0.4, -0.2) is 9.91 Å². The highest BCUT2D eigenvalue weighted by Crippen LogP contribution is 2.30. The predicted molar refractivity (Wildman–Crippen MR) is 79.4 cm³/mol. The Labute approximate surface area is 133 Å². The lowest BCUT2D eigenvalue weighted by molar-refractivity contribution is -0.384. The highest BCUT2D eigenvalue weighted by atomic mass is 19.4. The van der Waals surface area contributed by atoms with Crippen molar-refractivity contribution in [3.63, 3.8) is 0 Å². The van der Waals surface area contributed by atoms with Crippen LogP contribution in [0.15, 0.2) is 46.9 Å². The summed E-state index contributed by atoms with van der Waals surface area (Å²) in [6.07, 6.45) is -4.41. The number of hydrogen-bond donors (Lipinski definition) is 1. The average molecular weight is 337 g/mol. The molecule has 0 amide bonds. The van der Waals surface area contributed by atoms with Gasteiger partial charge in [0.1, 0.15) is 5.52 Å². The van der Waals surface area contributed by atoms with Gasteiger partial charge in [0.05, 0.1) is 10.5 Å². The van der Waals surface area contributed by atoms with E-state index in [1.54, 1.807) is 0 Å². The molecular formula is C15H10F3N3O3. The Morgan fingerprint density at radius 1 is 1.21 bits per heavy atom. The molecule has 0 atom stereocenters. The van der Waals surface area contributed by atoms with Gasteiger partial charge in [0, 0.05) is 18.7 Å². The molecule has 0 spiro atoms. The summed E-state index contributed by atoms with van der Waals surface area (Å²) in [7, 11) is 0. The number of nitrogens with zero attached hydrogens (tertiary/aromatic N) is 2. The number of rotatable bonds is 4. The summed E-state index contributed by atoms with van der Waals surface area (Å²) in [5.41, 5.74) is 0.163. The molecule has 0 fully saturated rings. The van der Waals surface area contributed by atoms with Gasteiger partial charge < -0.3 is 9.73 Å². The van der Waals surface area contributed by atoms with Crippen LogP contribution in [0.2, 0.25) is 0 Å². The Morgan fingerprint density at radius 2 is 2.00 bits per heavy atom. The first kappa shape index (κ1) is 15.8. The number of non-ortho nitro benzene ring substituents is 1. The standard InChI is InChI=1S/C15H10F3N3O3/c16-15(17,18)10-3-1-2-9(6-10)8-19-14-20-12-7-11(21(22)23)4-5-13(12)24-14/h1-7H,8H2,(H,19,20). The van der Waals surface area contributed by atoms with Crippen molar-refractivity contribution in [1.82, 2.24) is 4.98 Å². The van der Waals surface area contributed by atoms with Crippen molar-refractivity contribution in [2.75, 3.05) is 5.32 Å². The predicted octanol–water partition coefficient (Wildman–Crippen LogP) is 4.37. The topological polar surface area (TPSA) is 81.2 Å². The SMILES string of the molecule is O=[N+]([O-])c1ccc2oc(NCc3cccc(C(F)(F)F)c3)nc2c1. The molecular weight excluding hydrogens is 327 g/mol. The Kier molecular flexibility index (Phi) is 3.84. The maximum Gasteiger partial charge on any atom is 0.416 e. The number of nitro benzene ring substituents is 1. The number of anilines is 1. The fraction of sp³-hybridized carbons (Fsp3) is 0.133. The summed E-state index contributed by atoms with van der Waals surface area (Å²) in [5.74, 6) is 0. The van der Waals surface area contributed by atoms with Crippen LogP contribution in [-0.2, 0) is 12.7 Å². The van der Waals surface area contributed by atoms with Gasteiger partial charge in [-0.15, -0.1) is 0 Å². The van der Waals surface area contributed by atoms with Gasteiger partial charge in [-0.1, -0.05) is 12.1 Å². The van der Waals surface area contributed by atoms with E-state index in [1.807, 2.05) is 0 Å². The van der Waals surface area contributed by atoms with Crippen LogP contribution in [0, 0.1) is 10.1 Å². The summed E-state index contributed by atoms with van der Waals surface area (Å²) in [6, 6.07) is 8.89. The van der Waals surface area contributed by atoms with Crippen LogP contribution in [0.3, 0.4) is 0 Å². The number of halogens is 3. The molecule has 0 unspecified atom stereocenters. The highest BCUT2D eigenvalue weighted by Gasteiger charge is 2.30. The van der Waals surface area contributed by atoms with Gasteiger partial charge in [0.25, 0.3) is 11.7 Å². The summed E-state index contributed by atoms with van der Waals surface area (Å²) in [6.45, 7) is 0.0683. The van der Waals surface area contributed by atoms with Crippen molar-refractivity contribution < 1.29 is 22.5 Å². The molecule has 6 nitrogen and oxygen atoms in total. The molecule has 2 aromatic carbocycles. The number of alkyl halides is 3. The van der Waals surface area contributed by atoms with Crippen molar-refractivity contribution in [2.45, 2.75) is 12.7 Å². The van der Waals surface area contributed by atoms with Crippen LogP contribution in [0.25, 0.3) is 11.1 Å². The lowest BCUT2D eigenvalue weighted by Crippen LogP contribution is -2.06. The Morgan fingerprint density at radius 3 is 2.71 bits per heavy atom. The Hall–Kier alpha value is -3.10. The minimum atomic E-state index is -4.41. The molecule has 9 heteroatoms. The molecule has 0 aliphatic rings. The molecule has 0 saturated heterocycles. The summed E-state index contributed by atoms with van der Waals surface area (Å²) >= 11 is 0. The number of nitrogens with one attached hydrogen (secondary N) is 1. The fourth-order valence-corrected chi connectivity index (χ4v) is 2.14. The second-order valence-corrected chi connectivity index (χ2v) is 4.98. The van der Waals surface area contributed by atoms with Gasteiger partial charge >= 0.3 is 6.18 Å². The lowest BCUT2D eigenvalue weighted by atomic mass is 10.1. The van der Waals surface area contributed by atoms with E-state index in [9.17, 15) is 23.3 Å². The largest absolute Gasteiger partial charge is 0.424 e. The molecule has 124 valence electrons. The number of nitro groups is 1. The third kappa shape index (κ3) is 3.29. The molecule has 24 heavy (non-hydrogen) atoms. The quantitative estimate of drug-likeness (QED) is 0.565. The third-order valence-electron chi connectivity index (χ3n) is 3.28. The molecule has 0 radical (unpaired) electrons. The van der Waals surface area contributed by atoms with Crippen LogP contribution >= 0.6 is 0 Å². The molecule has 1 aromatic heterocycles. The molecule has 3 aromatic rings. The van der Waals surface area contributed by atoms with Crippen molar-refractivity contribution in [3.8, 4) is 0 Å².